The molecule has 2 heterocycles. The molecule has 2 rings (SSSR count). The Morgan fingerprint density at radius 2 is 2.32 bits per heavy atom. The van der Waals surface area contributed by atoms with Gasteiger partial charge in [0.15, 0.2) is 11.7 Å². The molecule has 6 heteroatoms. The zero-order valence-corrected chi connectivity index (χ0v) is 14.9. The first kappa shape index (κ1) is 17.2. The van der Waals surface area contributed by atoms with E-state index in [1.165, 1.54) is 18.6 Å². The molecular formula is C16H28N4OS. The summed E-state index contributed by atoms with van der Waals surface area (Å²) in [7, 11) is 0. The van der Waals surface area contributed by atoms with Gasteiger partial charge in [0.05, 0.1) is 5.69 Å². The van der Waals surface area contributed by atoms with Gasteiger partial charge in [-0.2, -0.15) is 11.8 Å². The molecule has 124 valence electrons. The molecule has 1 aromatic heterocycles. The van der Waals surface area contributed by atoms with Gasteiger partial charge in [0, 0.05) is 23.9 Å². The van der Waals surface area contributed by atoms with Crippen molar-refractivity contribution in [3.63, 3.8) is 0 Å². The summed E-state index contributed by atoms with van der Waals surface area (Å²) in [5.74, 6) is 3.30. The number of thioether (sulfide) groups is 1. The first-order valence-electron chi connectivity index (χ1n) is 8.14. The molecule has 2 N–H and O–H groups in total. The molecular weight excluding hydrogens is 296 g/mol. The van der Waals surface area contributed by atoms with Crippen LogP contribution < -0.4 is 10.6 Å². The van der Waals surface area contributed by atoms with Gasteiger partial charge < -0.3 is 15.2 Å². The summed E-state index contributed by atoms with van der Waals surface area (Å²) in [6.07, 6.45) is 2.58. The predicted octanol–water partition coefficient (Wildman–Crippen LogP) is 3.14. The summed E-state index contributed by atoms with van der Waals surface area (Å²) in [6, 6.07) is 1.99. The van der Waals surface area contributed by atoms with Crippen LogP contribution in [-0.2, 0) is 6.54 Å². The number of guanidine groups is 1. The van der Waals surface area contributed by atoms with E-state index in [1.807, 2.05) is 6.07 Å². The lowest BCUT2D eigenvalue weighted by Gasteiger charge is -2.24. The Kier molecular flexibility index (Phi) is 6.17. The van der Waals surface area contributed by atoms with Crippen molar-refractivity contribution in [3.05, 3.63) is 17.5 Å². The molecule has 1 aromatic rings. The Bertz CT molecular complexity index is 492. The Balaban J connectivity index is 1.91. The second-order valence-corrected chi connectivity index (χ2v) is 8.01. The molecule has 1 atom stereocenters. The summed E-state index contributed by atoms with van der Waals surface area (Å²) >= 11 is 2.05. The van der Waals surface area contributed by atoms with E-state index in [-0.39, 0.29) is 0 Å². The zero-order valence-electron chi connectivity index (χ0n) is 14.1. The van der Waals surface area contributed by atoms with Crippen molar-refractivity contribution in [1.82, 2.24) is 15.8 Å². The smallest absolute Gasteiger partial charge is 0.191 e. The number of nitrogens with one attached hydrogen (secondary N) is 2. The first-order valence-corrected chi connectivity index (χ1v) is 9.12. The van der Waals surface area contributed by atoms with Gasteiger partial charge in [0.2, 0.25) is 0 Å². The second-order valence-electron chi connectivity index (χ2n) is 6.32. The maximum absolute atomic E-state index is 5.34. The molecule has 0 spiro atoms. The zero-order chi connectivity index (χ0) is 16.0. The fourth-order valence-electron chi connectivity index (χ4n) is 2.42. The Labute approximate surface area is 137 Å². The topological polar surface area (TPSA) is 62.5 Å². The minimum Gasteiger partial charge on any atom is -0.359 e. The maximum Gasteiger partial charge on any atom is 0.191 e. The molecule has 1 aliphatic heterocycles. The van der Waals surface area contributed by atoms with E-state index in [4.69, 9.17) is 4.52 Å². The third-order valence-corrected chi connectivity index (χ3v) is 5.37. The van der Waals surface area contributed by atoms with Crippen molar-refractivity contribution < 1.29 is 4.52 Å². The fraction of sp³-hybridized carbons (Fsp3) is 0.750. The summed E-state index contributed by atoms with van der Waals surface area (Å²) in [6.45, 7) is 10.9. The summed E-state index contributed by atoms with van der Waals surface area (Å²) in [5, 5.41) is 10.8. The SMILES string of the molecule is CCNC(=NCc1cc(C(C)C)no1)NCC1(C)CCCS1. The van der Waals surface area contributed by atoms with Crippen LogP contribution in [0.2, 0.25) is 0 Å². The highest BCUT2D eigenvalue weighted by atomic mass is 32.2. The van der Waals surface area contributed by atoms with E-state index in [0.717, 1.165) is 30.5 Å². The largest absolute Gasteiger partial charge is 0.359 e. The van der Waals surface area contributed by atoms with E-state index < -0.39 is 0 Å². The number of nitrogens with zero attached hydrogens (tertiary/aromatic N) is 2. The molecule has 22 heavy (non-hydrogen) atoms. The average molecular weight is 324 g/mol. The molecule has 0 bridgehead atoms. The van der Waals surface area contributed by atoms with E-state index in [9.17, 15) is 0 Å². The molecule has 0 aromatic carbocycles. The molecule has 0 amide bonds. The minimum atomic E-state index is 0.327. The highest BCUT2D eigenvalue weighted by Crippen LogP contribution is 2.36. The summed E-state index contributed by atoms with van der Waals surface area (Å²) in [4.78, 5) is 4.60. The fourth-order valence-corrected chi connectivity index (χ4v) is 3.67. The molecule has 1 unspecified atom stereocenters. The van der Waals surface area contributed by atoms with Crippen molar-refractivity contribution >= 4 is 17.7 Å². The lowest BCUT2D eigenvalue weighted by molar-refractivity contribution is 0.376. The standard InChI is InChI=1S/C16H28N4OS/c1-5-17-15(19-11-16(4)7-6-8-22-16)18-10-13-9-14(12(2)3)20-21-13/h9,12H,5-8,10-11H2,1-4H3,(H2,17,18,19). The van der Waals surface area contributed by atoms with E-state index in [0.29, 0.717) is 17.2 Å². The normalized spacial score (nSPS) is 22.3. The van der Waals surface area contributed by atoms with Crippen molar-refractivity contribution in [2.45, 2.75) is 57.7 Å². The van der Waals surface area contributed by atoms with Gasteiger partial charge in [-0.1, -0.05) is 19.0 Å². The van der Waals surface area contributed by atoms with Crippen LogP contribution >= 0.6 is 11.8 Å². The second kappa shape index (κ2) is 7.90. The highest BCUT2D eigenvalue weighted by molar-refractivity contribution is 8.00. The van der Waals surface area contributed by atoms with Crippen LogP contribution in [0.15, 0.2) is 15.6 Å². The van der Waals surface area contributed by atoms with Gasteiger partial charge in [-0.25, -0.2) is 4.99 Å². The average Bonchev–Trinajstić information content (AvgIpc) is 3.11. The van der Waals surface area contributed by atoms with Gasteiger partial charge >= 0.3 is 0 Å². The molecule has 0 aliphatic carbocycles. The van der Waals surface area contributed by atoms with Gasteiger partial charge in [-0.3, -0.25) is 0 Å². The first-order chi connectivity index (χ1) is 10.5. The minimum absolute atomic E-state index is 0.327. The quantitative estimate of drug-likeness (QED) is 0.622. The number of hydrogen-bond acceptors (Lipinski definition) is 4. The number of aromatic nitrogens is 1. The molecule has 0 saturated carbocycles. The van der Waals surface area contributed by atoms with Crippen molar-refractivity contribution in [1.29, 1.82) is 0 Å². The summed E-state index contributed by atoms with van der Waals surface area (Å²) in [5.41, 5.74) is 0.984. The Hall–Kier alpha value is -1.17. The third kappa shape index (κ3) is 4.93. The molecule has 0 radical (unpaired) electrons. The van der Waals surface area contributed by atoms with Crippen molar-refractivity contribution in [2.24, 2.45) is 4.99 Å². The van der Waals surface area contributed by atoms with Gasteiger partial charge in [-0.05, 0) is 38.4 Å². The van der Waals surface area contributed by atoms with Gasteiger partial charge in [0.1, 0.15) is 6.54 Å². The monoisotopic (exact) mass is 324 g/mol. The molecule has 1 fully saturated rings. The van der Waals surface area contributed by atoms with Gasteiger partial charge in [0.25, 0.3) is 0 Å². The molecule has 5 nitrogen and oxygen atoms in total. The van der Waals surface area contributed by atoms with Crippen molar-refractivity contribution in [2.75, 3.05) is 18.8 Å². The Morgan fingerprint density at radius 1 is 1.50 bits per heavy atom. The number of aliphatic imine (C=N–C) groups is 1. The molecule has 1 aliphatic rings. The van der Waals surface area contributed by atoms with Crippen LogP contribution in [0, 0.1) is 0 Å². The van der Waals surface area contributed by atoms with Crippen LogP contribution in [0.4, 0.5) is 0 Å². The Morgan fingerprint density at radius 3 is 2.91 bits per heavy atom. The number of rotatable bonds is 6. The predicted molar refractivity (Wildman–Crippen MR) is 93.5 cm³/mol. The third-order valence-electron chi connectivity index (χ3n) is 3.84. The van der Waals surface area contributed by atoms with Crippen LogP contribution in [-0.4, -0.2) is 34.7 Å². The molecule has 1 saturated heterocycles. The maximum atomic E-state index is 5.34. The van der Waals surface area contributed by atoms with Crippen molar-refractivity contribution in [3.8, 4) is 0 Å². The lowest BCUT2D eigenvalue weighted by atomic mass is 10.1. The number of hydrogen-bond donors (Lipinski definition) is 2. The van der Waals surface area contributed by atoms with Crippen LogP contribution in [0.5, 0.6) is 0 Å². The van der Waals surface area contributed by atoms with Crippen LogP contribution in [0.3, 0.4) is 0 Å². The highest BCUT2D eigenvalue weighted by Gasteiger charge is 2.29. The van der Waals surface area contributed by atoms with Crippen LogP contribution in [0.25, 0.3) is 0 Å². The van der Waals surface area contributed by atoms with E-state index in [1.54, 1.807) is 0 Å². The summed E-state index contributed by atoms with van der Waals surface area (Å²) < 4.78 is 5.66. The van der Waals surface area contributed by atoms with E-state index >= 15 is 0 Å². The van der Waals surface area contributed by atoms with Gasteiger partial charge in [-0.15, -0.1) is 0 Å². The van der Waals surface area contributed by atoms with E-state index in [2.05, 4.69) is 60.2 Å². The lowest BCUT2D eigenvalue weighted by Crippen LogP contribution is -2.43. The van der Waals surface area contributed by atoms with Crippen LogP contribution in [0.1, 0.15) is 57.9 Å².